The van der Waals surface area contributed by atoms with Crippen molar-refractivity contribution >= 4 is 27.0 Å². The highest BCUT2D eigenvalue weighted by Gasteiger charge is 2.28. The number of para-hydroxylation sites is 1. The second kappa shape index (κ2) is 6.17. The van der Waals surface area contributed by atoms with Crippen molar-refractivity contribution in [1.29, 1.82) is 0 Å². The third kappa shape index (κ3) is 3.28. The van der Waals surface area contributed by atoms with Crippen LogP contribution in [0.15, 0.2) is 41.8 Å². The summed E-state index contributed by atoms with van der Waals surface area (Å²) in [7, 11) is -3.24. The van der Waals surface area contributed by atoms with E-state index in [1.807, 2.05) is 41.8 Å². The van der Waals surface area contributed by atoms with Crippen molar-refractivity contribution < 1.29 is 8.42 Å². The highest BCUT2D eigenvalue weighted by molar-refractivity contribution is 7.92. The highest BCUT2D eigenvalue weighted by atomic mass is 32.2. The molecule has 0 unspecified atom stereocenters. The van der Waals surface area contributed by atoms with Gasteiger partial charge in [0.2, 0.25) is 10.0 Å². The zero-order chi connectivity index (χ0) is 14.7. The quantitative estimate of drug-likeness (QED) is 0.830. The summed E-state index contributed by atoms with van der Waals surface area (Å²) in [5, 5.41) is 5.22. The minimum Gasteiger partial charge on any atom is -0.311 e. The molecule has 1 aliphatic rings. The molecule has 0 radical (unpaired) electrons. The van der Waals surface area contributed by atoms with Gasteiger partial charge in [-0.15, -0.1) is 11.3 Å². The number of hydrogen-bond acceptors (Lipinski definition) is 4. The van der Waals surface area contributed by atoms with Crippen LogP contribution < -0.4 is 9.62 Å². The van der Waals surface area contributed by atoms with Crippen LogP contribution in [0.25, 0.3) is 0 Å². The van der Waals surface area contributed by atoms with Crippen LogP contribution in [0.5, 0.6) is 0 Å². The van der Waals surface area contributed by atoms with Gasteiger partial charge in [-0.3, -0.25) is 4.31 Å². The smallest absolute Gasteiger partial charge is 0.236 e. The van der Waals surface area contributed by atoms with Gasteiger partial charge in [-0.05, 0) is 29.5 Å². The van der Waals surface area contributed by atoms with Crippen LogP contribution in [0, 0.1) is 0 Å². The molecule has 0 fully saturated rings. The summed E-state index contributed by atoms with van der Waals surface area (Å²) in [5.74, 6) is 0.132. The number of hydrogen-bond donors (Lipinski definition) is 1. The monoisotopic (exact) mass is 322 g/mol. The first-order valence-corrected chi connectivity index (χ1v) is 9.47. The van der Waals surface area contributed by atoms with Gasteiger partial charge in [-0.2, -0.15) is 0 Å². The van der Waals surface area contributed by atoms with Crippen molar-refractivity contribution in [3.63, 3.8) is 0 Å². The van der Waals surface area contributed by atoms with E-state index in [1.165, 1.54) is 4.88 Å². The van der Waals surface area contributed by atoms with Crippen molar-refractivity contribution in [3.8, 4) is 0 Å². The number of nitrogens with one attached hydrogen (secondary N) is 1. The van der Waals surface area contributed by atoms with E-state index in [0.717, 1.165) is 24.2 Å². The Morgan fingerprint density at radius 2 is 2.05 bits per heavy atom. The van der Waals surface area contributed by atoms with E-state index in [-0.39, 0.29) is 5.75 Å². The molecule has 0 aliphatic carbocycles. The van der Waals surface area contributed by atoms with Crippen molar-refractivity contribution in [2.24, 2.45) is 0 Å². The molecule has 0 spiro atoms. The zero-order valence-corrected chi connectivity index (χ0v) is 13.3. The lowest BCUT2D eigenvalue weighted by Crippen LogP contribution is -2.35. The third-order valence-electron chi connectivity index (χ3n) is 3.60. The highest BCUT2D eigenvalue weighted by Crippen LogP contribution is 2.29. The molecule has 4 nitrogen and oxygen atoms in total. The van der Waals surface area contributed by atoms with E-state index in [1.54, 1.807) is 15.6 Å². The Morgan fingerprint density at radius 1 is 1.19 bits per heavy atom. The third-order valence-corrected chi connectivity index (χ3v) is 6.24. The molecule has 3 rings (SSSR count). The standard InChI is InChI=1S/C15H18N2O2S2/c18-21(19,11-8-16-12-14-5-3-10-20-14)17-9-7-13-4-1-2-6-15(13)17/h1-6,10,16H,7-9,11-12H2. The number of nitrogens with zero attached hydrogens (tertiary/aromatic N) is 1. The van der Waals surface area contributed by atoms with Crippen molar-refractivity contribution in [2.45, 2.75) is 13.0 Å². The first kappa shape index (κ1) is 14.6. The fourth-order valence-electron chi connectivity index (χ4n) is 2.53. The number of rotatable bonds is 6. The fourth-order valence-corrected chi connectivity index (χ4v) is 4.68. The molecule has 2 aromatic rings. The van der Waals surface area contributed by atoms with Crippen LogP contribution in [0.4, 0.5) is 5.69 Å². The normalized spacial score (nSPS) is 14.4. The van der Waals surface area contributed by atoms with Gasteiger partial charge in [0.15, 0.2) is 0 Å². The number of benzene rings is 1. The first-order valence-electron chi connectivity index (χ1n) is 6.98. The Bertz CT molecular complexity index is 696. The number of fused-ring (bicyclic) bond motifs is 1. The molecule has 0 amide bonds. The van der Waals surface area contributed by atoms with E-state index in [4.69, 9.17) is 0 Å². The predicted octanol–water partition coefficient (Wildman–Crippen LogP) is 2.23. The molecular weight excluding hydrogens is 304 g/mol. The molecule has 21 heavy (non-hydrogen) atoms. The van der Waals surface area contributed by atoms with E-state index in [9.17, 15) is 8.42 Å². The molecule has 1 aromatic carbocycles. The van der Waals surface area contributed by atoms with Gasteiger partial charge in [-0.25, -0.2) is 8.42 Å². The lowest BCUT2D eigenvalue weighted by Gasteiger charge is -2.19. The van der Waals surface area contributed by atoms with Gasteiger partial charge in [-0.1, -0.05) is 24.3 Å². The Morgan fingerprint density at radius 3 is 2.86 bits per heavy atom. The first-order chi connectivity index (χ1) is 10.2. The summed E-state index contributed by atoms with van der Waals surface area (Å²) in [6.45, 7) is 1.76. The maximum atomic E-state index is 12.4. The van der Waals surface area contributed by atoms with Crippen LogP contribution in [0.2, 0.25) is 0 Å². The molecule has 2 heterocycles. The van der Waals surface area contributed by atoms with Crippen molar-refractivity contribution in [2.75, 3.05) is 23.1 Å². The largest absolute Gasteiger partial charge is 0.311 e. The van der Waals surface area contributed by atoms with Gasteiger partial charge >= 0.3 is 0 Å². The van der Waals surface area contributed by atoms with Gasteiger partial charge < -0.3 is 5.32 Å². The second-order valence-electron chi connectivity index (χ2n) is 5.02. The van der Waals surface area contributed by atoms with Gasteiger partial charge in [0.1, 0.15) is 0 Å². The lowest BCUT2D eigenvalue weighted by atomic mass is 10.2. The Hall–Kier alpha value is -1.37. The average molecular weight is 322 g/mol. The van der Waals surface area contributed by atoms with Gasteiger partial charge in [0, 0.05) is 24.5 Å². The SMILES string of the molecule is O=S(=O)(CCNCc1cccs1)N1CCc2ccccc21. The Kier molecular flexibility index (Phi) is 4.28. The molecule has 6 heteroatoms. The lowest BCUT2D eigenvalue weighted by molar-refractivity contribution is 0.587. The molecule has 0 saturated carbocycles. The molecule has 0 saturated heterocycles. The van der Waals surface area contributed by atoms with E-state index < -0.39 is 10.0 Å². The summed E-state index contributed by atoms with van der Waals surface area (Å²) < 4.78 is 26.4. The number of thiophene rings is 1. The van der Waals surface area contributed by atoms with Crippen LogP contribution in [-0.4, -0.2) is 27.3 Å². The summed E-state index contributed by atoms with van der Waals surface area (Å²) in [6, 6.07) is 11.8. The Balaban J connectivity index is 1.58. The maximum absolute atomic E-state index is 12.4. The molecule has 0 atom stereocenters. The summed E-state index contributed by atoms with van der Waals surface area (Å²) >= 11 is 1.67. The van der Waals surface area contributed by atoms with E-state index in [2.05, 4.69) is 5.32 Å². The van der Waals surface area contributed by atoms with Crippen LogP contribution in [0.3, 0.4) is 0 Å². The number of anilines is 1. The minimum atomic E-state index is -3.24. The summed E-state index contributed by atoms with van der Waals surface area (Å²) in [4.78, 5) is 1.22. The Labute approximate surface area is 129 Å². The fraction of sp³-hybridized carbons (Fsp3) is 0.333. The van der Waals surface area contributed by atoms with Crippen LogP contribution in [-0.2, 0) is 23.0 Å². The van der Waals surface area contributed by atoms with Crippen molar-refractivity contribution in [3.05, 3.63) is 52.2 Å². The zero-order valence-electron chi connectivity index (χ0n) is 11.7. The molecule has 1 N–H and O–H groups in total. The molecule has 0 bridgehead atoms. The average Bonchev–Trinajstić information content (AvgIpc) is 3.13. The van der Waals surface area contributed by atoms with Gasteiger partial charge in [0.05, 0.1) is 11.4 Å². The molecule has 1 aliphatic heterocycles. The van der Waals surface area contributed by atoms with Crippen LogP contribution >= 0.6 is 11.3 Å². The molecule has 112 valence electrons. The predicted molar refractivity (Wildman–Crippen MR) is 87.3 cm³/mol. The maximum Gasteiger partial charge on any atom is 0.236 e. The summed E-state index contributed by atoms with van der Waals surface area (Å²) in [6.07, 6.45) is 0.804. The second-order valence-corrected chi connectivity index (χ2v) is 8.07. The molecular formula is C15H18N2O2S2. The van der Waals surface area contributed by atoms with Gasteiger partial charge in [0.25, 0.3) is 0 Å². The van der Waals surface area contributed by atoms with Crippen LogP contribution in [0.1, 0.15) is 10.4 Å². The number of sulfonamides is 1. The molecule has 1 aromatic heterocycles. The summed E-state index contributed by atoms with van der Waals surface area (Å²) in [5.41, 5.74) is 1.96. The topological polar surface area (TPSA) is 49.4 Å². The van der Waals surface area contributed by atoms with Crippen molar-refractivity contribution in [1.82, 2.24) is 5.32 Å². The van der Waals surface area contributed by atoms with E-state index in [0.29, 0.717) is 13.1 Å². The minimum absolute atomic E-state index is 0.132. The van der Waals surface area contributed by atoms with E-state index >= 15 is 0 Å².